The minimum Gasteiger partial charge on any atom is -0.450 e. The lowest BCUT2D eigenvalue weighted by molar-refractivity contribution is -0.142. The molecule has 0 spiro atoms. The quantitative estimate of drug-likeness (QED) is 0.661. The number of alkyl carbamates (subject to hydrolysis) is 1. The Morgan fingerprint density at radius 3 is 2.24 bits per heavy atom. The first-order valence-electron chi connectivity index (χ1n) is 6.45. The molecule has 0 radical (unpaired) electrons. The van der Waals surface area contributed by atoms with Crippen molar-refractivity contribution >= 4 is 18.2 Å². The van der Waals surface area contributed by atoms with Crippen LogP contribution in [0.2, 0.25) is 0 Å². The van der Waals surface area contributed by atoms with Crippen molar-refractivity contribution in [3.8, 4) is 0 Å². The van der Waals surface area contributed by atoms with Crippen molar-refractivity contribution in [2.24, 2.45) is 0 Å². The summed E-state index contributed by atoms with van der Waals surface area (Å²) in [4.78, 5) is 34.7. The Hall–Kier alpha value is -2.57. The van der Waals surface area contributed by atoms with Gasteiger partial charge in [0.2, 0.25) is 0 Å². The molecule has 0 heterocycles. The summed E-state index contributed by atoms with van der Waals surface area (Å²) >= 11 is 0. The standard InChI is InChI=1S/C14H17NO6/c1-3-19-13(17)15-11(10-8-6-5-7-9-10)12(16)21-14(18)20-4-2/h5-9,11H,3-4H2,1-2H3,(H,15,17)/t11-/m0/s1. The predicted molar refractivity (Wildman–Crippen MR) is 72.5 cm³/mol. The van der Waals surface area contributed by atoms with Gasteiger partial charge < -0.3 is 19.5 Å². The summed E-state index contributed by atoms with van der Waals surface area (Å²) in [5, 5.41) is 2.34. The lowest BCUT2D eigenvalue weighted by Crippen LogP contribution is -2.36. The van der Waals surface area contributed by atoms with Gasteiger partial charge in [0.1, 0.15) is 0 Å². The molecule has 0 aliphatic rings. The van der Waals surface area contributed by atoms with Crippen LogP contribution in [0.4, 0.5) is 9.59 Å². The Bertz CT molecular complexity index is 487. The van der Waals surface area contributed by atoms with E-state index in [1.54, 1.807) is 44.2 Å². The first-order valence-corrected chi connectivity index (χ1v) is 6.45. The molecule has 21 heavy (non-hydrogen) atoms. The van der Waals surface area contributed by atoms with Crippen LogP contribution in [0.1, 0.15) is 25.5 Å². The Labute approximate surface area is 122 Å². The molecule has 0 saturated carbocycles. The smallest absolute Gasteiger partial charge is 0.450 e. The van der Waals surface area contributed by atoms with Crippen molar-refractivity contribution in [3.63, 3.8) is 0 Å². The second-order valence-corrected chi connectivity index (χ2v) is 3.81. The van der Waals surface area contributed by atoms with Gasteiger partial charge in [-0.2, -0.15) is 0 Å². The number of ether oxygens (including phenoxy) is 3. The maximum Gasteiger partial charge on any atom is 0.516 e. The average Bonchev–Trinajstić information content (AvgIpc) is 2.46. The van der Waals surface area contributed by atoms with E-state index in [-0.39, 0.29) is 13.2 Å². The summed E-state index contributed by atoms with van der Waals surface area (Å²) in [5.41, 5.74) is 0.458. The Morgan fingerprint density at radius 1 is 1.05 bits per heavy atom. The molecule has 7 heteroatoms. The second-order valence-electron chi connectivity index (χ2n) is 3.81. The second kappa shape index (κ2) is 8.57. The summed E-state index contributed by atoms with van der Waals surface area (Å²) in [6.07, 6.45) is -1.90. The number of rotatable bonds is 5. The fourth-order valence-corrected chi connectivity index (χ4v) is 1.50. The molecule has 1 aromatic rings. The van der Waals surface area contributed by atoms with E-state index in [1.807, 2.05) is 0 Å². The normalized spacial score (nSPS) is 11.1. The molecule has 0 unspecified atom stereocenters. The summed E-state index contributed by atoms with van der Waals surface area (Å²) in [5.74, 6) is -0.951. The molecule has 1 amide bonds. The predicted octanol–water partition coefficient (Wildman–Crippen LogP) is 2.17. The van der Waals surface area contributed by atoms with Crippen molar-refractivity contribution in [1.29, 1.82) is 0 Å². The number of carbonyl (C=O) groups excluding carboxylic acids is 3. The zero-order chi connectivity index (χ0) is 15.7. The highest BCUT2D eigenvalue weighted by atomic mass is 16.7. The largest absolute Gasteiger partial charge is 0.516 e. The molecule has 1 aromatic carbocycles. The van der Waals surface area contributed by atoms with Gasteiger partial charge in [0.15, 0.2) is 6.04 Å². The Morgan fingerprint density at radius 2 is 1.67 bits per heavy atom. The highest BCUT2D eigenvalue weighted by molar-refractivity contribution is 5.89. The zero-order valence-corrected chi connectivity index (χ0v) is 11.8. The fraction of sp³-hybridized carbons (Fsp3) is 0.357. The minimum atomic E-state index is -1.16. The van der Waals surface area contributed by atoms with Gasteiger partial charge in [-0.05, 0) is 19.4 Å². The molecule has 0 saturated heterocycles. The first-order chi connectivity index (χ1) is 10.1. The van der Waals surface area contributed by atoms with Crippen LogP contribution in [-0.4, -0.2) is 31.4 Å². The molecule has 0 aliphatic heterocycles. The monoisotopic (exact) mass is 295 g/mol. The number of carbonyl (C=O) groups is 3. The molecule has 0 aliphatic carbocycles. The van der Waals surface area contributed by atoms with Crippen LogP contribution in [-0.2, 0) is 19.0 Å². The molecular weight excluding hydrogens is 278 g/mol. The average molecular weight is 295 g/mol. The number of nitrogens with one attached hydrogen (secondary N) is 1. The fourth-order valence-electron chi connectivity index (χ4n) is 1.50. The summed E-state index contributed by atoms with van der Waals surface area (Å²) in [6, 6.07) is 7.20. The van der Waals surface area contributed by atoms with Gasteiger partial charge in [-0.1, -0.05) is 30.3 Å². The third kappa shape index (κ3) is 5.52. The van der Waals surface area contributed by atoms with Gasteiger partial charge in [-0.15, -0.1) is 0 Å². The van der Waals surface area contributed by atoms with Crippen molar-refractivity contribution in [2.75, 3.05) is 13.2 Å². The van der Waals surface area contributed by atoms with E-state index in [1.165, 1.54) is 0 Å². The first kappa shape index (κ1) is 16.5. The molecule has 114 valence electrons. The summed E-state index contributed by atoms with van der Waals surface area (Å²) in [6.45, 7) is 3.44. The lowest BCUT2D eigenvalue weighted by atomic mass is 10.1. The van der Waals surface area contributed by atoms with Gasteiger partial charge in [-0.25, -0.2) is 14.4 Å². The van der Waals surface area contributed by atoms with Crippen molar-refractivity contribution in [2.45, 2.75) is 19.9 Å². The van der Waals surface area contributed by atoms with Crippen LogP contribution in [0, 0.1) is 0 Å². The van der Waals surface area contributed by atoms with Gasteiger partial charge in [-0.3, -0.25) is 0 Å². The number of hydrogen-bond donors (Lipinski definition) is 1. The highest BCUT2D eigenvalue weighted by Crippen LogP contribution is 2.15. The minimum absolute atomic E-state index is 0.0768. The van der Waals surface area contributed by atoms with Crippen molar-refractivity contribution in [1.82, 2.24) is 5.32 Å². The zero-order valence-electron chi connectivity index (χ0n) is 11.8. The van der Waals surface area contributed by atoms with Gasteiger partial charge in [0.25, 0.3) is 0 Å². The molecule has 7 nitrogen and oxygen atoms in total. The lowest BCUT2D eigenvalue weighted by Gasteiger charge is -2.16. The summed E-state index contributed by atoms with van der Waals surface area (Å²) < 4.78 is 13.8. The van der Waals surface area contributed by atoms with Crippen molar-refractivity contribution in [3.05, 3.63) is 35.9 Å². The molecule has 0 bridgehead atoms. The number of benzene rings is 1. The maximum atomic E-state index is 12.0. The highest BCUT2D eigenvalue weighted by Gasteiger charge is 2.27. The van der Waals surface area contributed by atoms with Crippen LogP contribution in [0.15, 0.2) is 30.3 Å². The van der Waals surface area contributed by atoms with Gasteiger partial charge in [0, 0.05) is 0 Å². The van der Waals surface area contributed by atoms with E-state index in [0.717, 1.165) is 0 Å². The Balaban J connectivity index is 2.83. The van der Waals surface area contributed by atoms with Gasteiger partial charge >= 0.3 is 18.2 Å². The van der Waals surface area contributed by atoms with Crippen LogP contribution >= 0.6 is 0 Å². The molecule has 1 atom stereocenters. The van der Waals surface area contributed by atoms with Crippen LogP contribution in [0.3, 0.4) is 0 Å². The third-order valence-corrected chi connectivity index (χ3v) is 2.35. The molecule has 0 fully saturated rings. The molecule has 0 aromatic heterocycles. The molecule has 1 rings (SSSR count). The SMILES string of the molecule is CCOC(=O)N[C@H](C(=O)OC(=O)OCC)c1ccccc1. The maximum absolute atomic E-state index is 12.0. The van der Waals surface area contributed by atoms with E-state index in [4.69, 9.17) is 4.74 Å². The Kier molecular flexibility index (Phi) is 6.73. The summed E-state index contributed by atoms with van der Waals surface area (Å²) in [7, 11) is 0. The topological polar surface area (TPSA) is 90.9 Å². The van der Waals surface area contributed by atoms with E-state index in [0.29, 0.717) is 5.56 Å². The van der Waals surface area contributed by atoms with Crippen LogP contribution in [0.5, 0.6) is 0 Å². The number of esters is 1. The number of amides is 1. The van der Waals surface area contributed by atoms with Crippen LogP contribution < -0.4 is 5.32 Å². The third-order valence-electron chi connectivity index (χ3n) is 2.35. The van der Waals surface area contributed by atoms with E-state index in [2.05, 4.69) is 14.8 Å². The van der Waals surface area contributed by atoms with Crippen LogP contribution in [0.25, 0.3) is 0 Å². The van der Waals surface area contributed by atoms with Crippen molar-refractivity contribution < 1.29 is 28.6 Å². The molecule has 1 N–H and O–H groups in total. The van der Waals surface area contributed by atoms with E-state index < -0.39 is 24.3 Å². The van der Waals surface area contributed by atoms with E-state index >= 15 is 0 Å². The number of hydrogen-bond acceptors (Lipinski definition) is 6. The van der Waals surface area contributed by atoms with Gasteiger partial charge in [0.05, 0.1) is 13.2 Å². The van der Waals surface area contributed by atoms with E-state index in [9.17, 15) is 14.4 Å². The molecular formula is C14H17NO6.